The van der Waals surface area contributed by atoms with E-state index in [1.807, 2.05) is 27.7 Å². The summed E-state index contributed by atoms with van der Waals surface area (Å²) in [5, 5.41) is 3.31. The molecule has 1 aromatic carbocycles. The van der Waals surface area contributed by atoms with Crippen LogP contribution in [0.4, 0.5) is 10.1 Å². The van der Waals surface area contributed by atoms with Crippen LogP contribution in [-0.4, -0.2) is 48.8 Å². The van der Waals surface area contributed by atoms with Crippen molar-refractivity contribution in [3.63, 3.8) is 0 Å². The van der Waals surface area contributed by atoms with Crippen LogP contribution in [-0.2, 0) is 43.7 Å². The lowest BCUT2D eigenvalue weighted by molar-refractivity contribution is -0.152. The van der Waals surface area contributed by atoms with Crippen LogP contribution in [0.2, 0.25) is 0 Å². The van der Waals surface area contributed by atoms with E-state index in [-0.39, 0.29) is 53.2 Å². The Hall–Kier alpha value is -2.96. The number of fused-ring (bicyclic) bond motifs is 3. The van der Waals surface area contributed by atoms with Gasteiger partial charge in [-0.2, -0.15) is 0 Å². The maximum absolute atomic E-state index is 15.6. The van der Waals surface area contributed by atoms with Gasteiger partial charge in [-0.3, -0.25) is 9.59 Å². The van der Waals surface area contributed by atoms with Crippen molar-refractivity contribution >= 4 is 27.4 Å². The molecule has 0 radical (unpaired) electrons. The molecule has 0 unspecified atom stereocenters. The highest BCUT2D eigenvalue weighted by molar-refractivity contribution is 7.91. The lowest BCUT2D eigenvalue weighted by Gasteiger charge is -2.32. The number of hydrogen-bond donors (Lipinski definition) is 3. The highest BCUT2D eigenvalue weighted by atomic mass is 32.2. The number of aromatic nitrogens is 1. The van der Waals surface area contributed by atoms with Gasteiger partial charge in [-0.25, -0.2) is 12.8 Å². The van der Waals surface area contributed by atoms with Crippen molar-refractivity contribution in [1.82, 2.24) is 4.57 Å². The van der Waals surface area contributed by atoms with Gasteiger partial charge in [-0.15, -0.1) is 0 Å². The highest BCUT2D eigenvalue weighted by Gasteiger charge is 2.43. The molecule has 1 aliphatic carbocycles. The van der Waals surface area contributed by atoms with E-state index in [9.17, 15) is 18.0 Å². The fourth-order valence-electron chi connectivity index (χ4n) is 6.67. The van der Waals surface area contributed by atoms with E-state index in [1.54, 1.807) is 10.6 Å². The Morgan fingerprint density at radius 1 is 1.17 bits per heavy atom. The number of carbonyl (C=O) groups excluding carboxylic acids is 2. The summed E-state index contributed by atoms with van der Waals surface area (Å²) in [6.07, 6.45) is 3.21. The number of benzene rings is 1. The average molecular weight is 605 g/mol. The Morgan fingerprint density at radius 3 is 2.50 bits per heavy atom. The number of rotatable bonds is 8. The molecule has 1 amide bonds. The Balaban J connectivity index is 1.43. The molecule has 3 heterocycles. The summed E-state index contributed by atoms with van der Waals surface area (Å²) in [6.45, 7) is 8.18. The first-order valence-electron chi connectivity index (χ1n) is 14.6. The Labute approximate surface area is 246 Å². The van der Waals surface area contributed by atoms with Crippen LogP contribution in [0.3, 0.4) is 0 Å². The normalized spacial score (nSPS) is 23.2. The third-order valence-corrected chi connectivity index (χ3v) is 10.6. The molecule has 0 spiro atoms. The third-order valence-electron chi connectivity index (χ3n) is 8.37. The zero-order chi connectivity index (χ0) is 30.6. The number of esters is 1. The van der Waals surface area contributed by atoms with Crippen LogP contribution in [0.15, 0.2) is 17.0 Å². The van der Waals surface area contributed by atoms with E-state index in [4.69, 9.17) is 20.9 Å². The van der Waals surface area contributed by atoms with Crippen LogP contribution in [0, 0.1) is 17.2 Å². The molecule has 0 bridgehead atoms. The predicted molar refractivity (Wildman–Crippen MR) is 155 cm³/mol. The minimum atomic E-state index is -3.58. The monoisotopic (exact) mass is 604 g/mol. The van der Waals surface area contributed by atoms with Crippen molar-refractivity contribution < 1.29 is 31.9 Å². The SMILES string of the molecule is CC(C)C[C@H](N)C(=O)OC1CCC(Nc2cc(-n3c4c(c5c3CC(C)(C)CS5(=O)=O)COC4)cc(F)c2C(N)=O)CC1. The fourth-order valence-corrected chi connectivity index (χ4v) is 9.02. The molecule has 2 aliphatic heterocycles. The number of nitrogens with zero attached hydrogens (tertiary/aromatic N) is 1. The van der Waals surface area contributed by atoms with Crippen molar-refractivity contribution in [2.24, 2.45) is 22.8 Å². The van der Waals surface area contributed by atoms with Crippen molar-refractivity contribution in [1.29, 1.82) is 0 Å². The van der Waals surface area contributed by atoms with Gasteiger partial charge < -0.3 is 30.8 Å². The van der Waals surface area contributed by atoms with Crippen LogP contribution >= 0.6 is 0 Å². The number of primary amides is 1. The molecule has 1 saturated carbocycles. The van der Waals surface area contributed by atoms with Gasteiger partial charge in [-0.05, 0) is 62.0 Å². The van der Waals surface area contributed by atoms with Crippen molar-refractivity contribution in [2.75, 3.05) is 11.1 Å². The molecular weight excluding hydrogens is 563 g/mol. The van der Waals surface area contributed by atoms with Crippen LogP contribution in [0.5, 0.6) is 0 Å². The van der Waals surface area contributed by atoms with Gasteiger partial charge in [0.05, 0.1) is 46.5 Å². The summed E-state index contributed by atoms with van der Waals surface area (Å²) in [5.41, 5.74) is 13.4. The molecule has 230 valence electrons. The molecule has 0 saturated heterocycles. The topological polar surface area (TPSA) is 156 Å². The predicted octanol–water partition coefficient (Wildman–Crippen LogP) is 3.74. The van der Waals surface area contributed by atoms with E-state index >= 15 is 4.39 Å². The molecule has 42 heavy (non-hydrogen) atoms. The third kappa shape index (κ3) is 5.93. The summed E-state index contributed by atoms with van der Waals surface area (Å²) < 4.78 is 55.4. The van der Waals surface area contributed by atoms with Crippen LogP contribution in [0.1, 0.15) is 87.1 Å². The molecule has 5 N–H and O–H groups in total. The number of halogens is 1. The molecule has 5 rings (SSSR count). The number of nitrogens with two attached hydrogens (primary N) is 2. The lowest BCUT2D eigenvalue weighted by atomic mass is 9.89. The molecule has 2 aromatic rings. The summed E-state index contributed by atoms with van der Waals surface area (Å²) >= 11 is 0. The van der Waals surface area contributed by atoms with E-state index < -0.39 is 39.0 Å². The molecule has 10 nitrogen and oxygen atoms in total. The van der Waals surface area contributed by atoms with Gasteiger partial charge in [0.25, 0.3) is 5.91 Å². The Morgan fingerprint density at radius 2 is 1.86 bits per heavy atom. The van der Waals surface area contributed by atoms with Crippen molar-refractivity contribution in [3.05, 3.63) is 40.5 Å². The largest absolute Gasteiger partial charge is 0.461 e. The summed E-state index contributed by atoms with van der Waals surface area (Å²) in [5.74, 6) is -1.80. The van der Waals surface area contributed by atoms with E-state index in [2.05, 4.69) is 5.32 Å². The van der Waals surface area contributed by atoms with E-state index in [0.29, 0.717) is 61.2 Å². The summed E-state index contributed by atoms with van der Waals surface area (Å²) in [7, 11) is -3.58. The number of hydrogen-bond acceptors (Lipinski definition) is 8. The van der Waals surface area contributed by atoms with Crippen molar-refractivity contribution in [3.8, 4) is 5.69 Å². The molecule has 3 aliphatic rings. The second-order valence-corrected chi connectivity index (χ2v) is 15.1. The zero-order valence-electron chi connectivity index (χ0n) is 24.7. The average Bonchev–Trinajstić information content (AvgIpc) is 3.43. The fraction of sp³-hybridized carbons (Fsp3) is 0.600. The minimum absolute atomic E-state index is 0.0207. The molecular formula is C30H41FN4O6S. The van der Waals surface area contributed by atoms with E-state index in [1.165, 1.54) is 6.07 Å². The number of anilines is 1. The number of ether oxygens (including phenoxy) is 2. The first-order chi connectivity index (χ1) is 19.7. The first-order valence-corrected chi connectivity index (χ1v) is 16.2. The second-order valence-electron chi connectivity index (χ2n) is 13.1. The minimum Gasteiger partial charge on any atom is -0.461 e. The maximum atomic E-state index is 15.6. The number of sulfone groups is 1. The molecule has 1 atom stereocenters. The van der Waals surface area contributed by atoms with Crippen molar-refractivity contribution in [2.45, 2.75) is 103 Å². The summed E-state index contributed by atoms with van der Waals surface area (Å²) in [4.78, 5) is 25.0. The van der Waals surface area contributed by atoms with Gasteiger partial charge in [0.1, 0.15) is 18.0 Å². The van der Waals surface area contributed by atoms with Gasteiger partial charge >= 0.3 is 5.97 Å². The van der Waals surface area contributed by atoms with Gasteiger partial charge in [-0.1, -0.05) is 27.7 Å². The molecule has 1 aromatic heterocycles. The standard InChI is InChI=1S/C30H41FN4O6S/c1-16(2)9-22(32)29(37)41-19-7-5-17(6-8-19)34-23-11-18(10-21(31)26(23)28(33)36)35-24-12-30(3,4)15-42(38,39)27(24)20-13-40-14-25(20)35/h10-11,16-17,19,22,34H,5-9,12-15,32H2,1-4H3,(H2,33,36)/t17?,19?,22-/m0/s1. The molecule has 12 heteroatoms. The summed E-state index contributed by atoms with van der Waals surface area (Å²) in [6, 6.07) is 2.11. The Bertz CT molecular complexity index is 1510. The quantitative estimate of drug-likeness (QED) is 0.385. The Kier molecular flexibility index (Phi) is 8.19. The van der Waals surface area contributed by atoms with E-state index in [0.717, 1.165) is 0 Å². The number of amides is 1. The van der Waals surface area contributed by atoms with Crippen LogP contribution in [0.25, 0.3) is 5.69 Å². The van der Waals surface area contributed by atoms with Gasteiger partial charge in [0.15, 0.2) is 9.84 Å². The molecule has 1 fully saturated rings. The first kappa shape index (κ1) is 30.5. The maximum Gasteiger partial charge on any atom is 0.323 e. The van der Waals surface area contributed by atoms with Gasteiger partial charge in [0, 0.05) is 17.3 Å². The second kappa shape index (κ2) is 11.3. The smallest absolute Gasteiger partial charge is 0.323 e. The highest BCUT2D eigenvalue weighted by Crippen LogP contribution is 2.44. The van der Waals surface area contributed by atoms with Crippen LogP contribution < -0.4 is 16.8 Å². The van der Waals surface area contributed by atoms with Gasteiger partial charge in [0.2, 0.25) is 0 Å². The number of carbonyl (C=O) groups is 2. The zero-order valence-corrected chi connectivity index (χ0v) is 25.5. The number of nitrogens with one attached hydrogen (secondary N) is 1. The lowest BCUT2D eigenvalue weighted by Crippen LogP contribution is -2.38.